The van der Waals surface area contributed by atoms with E-state index in [0.29, 0.717) is 13.0 Å². The highest BCUT2D eigenvalue weighted by Gasteiger charge is 2.11. The first-order valence-corrected chi connectivity index (χ1v) is 4.35. The molecular weight excluding hydrogens is 186 g/mol. The molecule has 0 spiro atoms. The van der Waals surface area contributed by atoms with Crippen molar-refractivity contribution in [2.75, 3.05) is 13.6 Å². The third kappa shape index (κ3) is 5.23. The van der Waals surface area contributed by atoms with Gasteiger partial charge in [-0.15, -0.1) is 0 Å². The van der Waals surface area contributed by atoms with Crippen molar-refractivity contribution in [3.63, 3.8) is 0 Å². The standard InChI is InChI=1S/C8H17N3O3/c1-6(2)14-8(12)11(3)5-4-7(9)10-13/h6,13H,4-5H2,1-3H3,(H2,9,10). The maximum atomic E-state index is 11.2. The third-order valence-corrected chi connectivity index (χ3v) is 1.48. The lowest BCUT2D eigenvalue weighted by atomic mass is 10.4. The van der Waals surface area contributed by atoms with Crippen LogP contribution in [0.1, 0.15) is 20.3 Å². The molecule has 6 nitrogen and oxygen atoms in total. The van der Waals surface area contributed by atoms with E-state index < -0.39 is 6.09 Å². The Morgan fingerprint density at radius 3 is 2.64 bits per heavy atom. The van der Waals surface area contributed by atoms with Gasteiger partial charge in [-0.05, 0) is 13.8 Å². The molecule has 3 N–H and O–H groups in total. The molecule has 0 aliphatic carbocycles. The molecule has 0 atom stereocenters. The molecule has 0 fully saturated rings. The van der Waals surface area contributed by atoms with Crippen LogP contribution in [0.25, 0.3) is 0 Å². The lowest BCUT2D eigenvalue weighted by molar-refractivity contribution is 0.0847. The molecule has 0 aliphatic rings. The average molecular weight is 203 g/mol. The summed E-state index contributed by atoms with van der Waals surface area (Å²) >= 11 is 0. The number of carbonyl (C=O) groups excluding carboxylic acids is 1. The molecule has 0 aromatic rings. The summed E-state index contributed by atoms with van der Waals surface area (Å²) in [4.78, 5) is 12.6. The first kappa shape index (κ1) is 12.5. The van der Waals surface area contributed by atoms with Crippen LogP contribution < -0.4 is 5.73 Å². The topological polar surface area (TPSA) is 88.2 Å². The van der Waals surface area contributed by atoms with E-state index in [2.05, 4.69) is 5.16 Å². The van der Waals surface area contributed by atoms with Crippen LogP contribution in [0.3, 0.4) is 0 Å². The minimum absolute atomic E-state index is 0.0918. The summed E-state index contributed by atoms with van der Waals surface area (Å²) < 4.78 is 4.92. The highest BCUT2D eigenvalue weighted by molar-refractivity contribution is 5.80. The number of nitrogens with zero attached hydrogens (tertiary/aromatic N) is 2. The minimum Gasteiger partial charge on any atom is -0.447 e. The van der Waals surface area contributed by atoms with Crippen LogP contribution >= 0.6 is 0 Å². The Bertz CT molecular complexity index is 216. The Balaban J connectivity index is 3.84. The second-order valence-electron chi connectivity index (χ2n) is 3.20. The van der Waals surface area contributed by atoms with Crippen molar-refractivity contribution in [1.82, 2.24) is 4.90 Å². The molecule has 0 heterocycles. The second kappa shape index (κ2) is 6.06. The van der Waals surface area contributed by atoms with Crippen LogP contribution in [0.2, 0.25) is 0 Å². The van der Waals surface area contributed by atoms with Gasteiger partial charge in [0.1, 0.15) is 5.84 Å². The van der Waals surface area contributed by atoms with Crippen molar-refractivity contribution in [3.8, 4) is 0 Å². The zero-order chi connectivity index (χ0) is 11.1. The number of carbonyl (C=O) groups is 1. The summed E-state index contributed by atoms with van der Waals surface area (Å²) in [6.45, 7) is 3.91. The first-order valence-electron chi connectivity index (χ1n) is 4.35. The van der Waals surface area contributed by atoms with Gasteiger partial charge in [0.25, 0.3) is 0 Å². The molecule has 82 valence electrons. The van der Waals surface area contributed by atoms with E-state index >= 15 is 0 Å². The Morgan fingerprint density at radius 1 is 1.64 bits per heavy atom. The lowest BCUT2D eigenvalue weighted by Crippen LogP contribution is -2.32. The van der Waals surface area contributed by atoms with E-state index in [9.17, 15) is 4.79 Å². The number of hydrogen-bond acceptors (Lipinski definition) is 4. The van der Waals surface area contributed by atoms with Crippen LogP contribution in [0, 0.1) is 0 Å². The fraction of sp³-hybridized carbons (Fsp3) is 0.750. The Kier molecular flexibility index (Phi) is 5.43. The number of amides is 1. The van der Waals surface area contributed by atoms with Crippen LogP contribution in [-0.2, 0) is 4.74 Å². The molecule has 0 saturated carbocycles. The van der Waals surface area contributed by atoms with Gasteiger partial charge in [0.15, 0.2) is 0 Å². The zero-order valence-electron chi connectivity index (χ0n) is 8.73. The van der Waals surface area contributed by atoms with Crippen molar-refractivity contribution >= 4 is 11.9 Å². The highest BCUT2D eigenvalue weighted by Crippen LogP contribution is 1.96. The molecular formula is C8H17N3O3. The summed E-state index contributed by atoms with van der Waals surface area (Å²) in [5.41, 5.74) is 5.24. The molecule has 0 aliphatic heterocycles. The predicted molar refractivity (Wildman–Crippen MR) is 52.3 cm³/mol. The molecule has 1 amide bonds. The smallest absolute Gasteiger partial charge is 0.409 e. The summed E-state index contributed by atoms with van der Waals surface area (Å²) in [5, 5.41) is 11.1. The van der Waals surface area contributed by atoms with Gasteiger partial charge in [0.05, 0.1) is 6.10 Å². The van der Waals surface area contributed by atoms with Gasteiger partial charge in [0.2, 0.25) is 0 Å². The predicted octanol–water partition coefficient (Wildman–Crippen LogP) is 0.600. The number of nitrogens with two attached hydrogens (primary N) is 1. The van der Waals surface area contributed by atoms with Crippen molar-refractivity contribution < 1.29 is 14.7 Å². The quantitative estimate of drug-likeness (QED) is 0.303. The van der Waals surface area contributed by atoms with Gasteiger partial charge in [-0.25, -0.2) is 4.79 Å². The molecule has 0 bridgehead atoms. The fourth-order valence-electron chi connectivity index (χ4n) is 0.715. The van der Waals surface area contributed by atoms with E-state index in [-0.39, 0.29) is 11.9 Å². The third-order valence-electron chi connectivity index (χ3n) is 1.48. The summed E-state index contributed by atoms with van der Waals surface area (Å²) in [6.07, 6.45) is -0.236. The minimum atomic E-state index is -0.411. The van der Waals surface area contributed by atoms with Crippen molar-refractivity contribution in [2.24, 2.45) is 10.9 Å². The van der Waals surface area contributed by atoms with Crippen LogP contribution in [0.5, 0.6) is 0 Å². The van der Waals surface area contributed by atoms with E-state index in [0.717, 1.165) is 0 Å². The Morgan fingerprint density at radius 2 is 2.21 bits per heavy atom. The Hall–Kier alpha value is -1.46. The first-order chi connectivity index (χ1) is 6.47. The molecule has 0 aromatic carbocycles. The summed E-state index contributed by atoms with van der Waals surface area (Å²) in [6, 6.07) is 0. The molecule has 0 aromatic heterocycles. The molecule has 0 radical (unpaired) electrons. The van der Waals surface area contributed by atoms with Gasteiger partial charge in [0, 0.05) is 20.0 Å². The lowest BCUT2D eigenvalue weighted by Gasteiger charge is -2.18. The van der Waals surface area contributed by atoms with Crippen LogP contribution in [0.4, 0.5) is 4.79 Å². The van der Waals surface area contributed by atoms with Crippen LogP contribution in [-0.4, -0.2) is 41.7 Å². The van der Waals surface area contributed by atoms with Crippen molar-refractivity contribution in [1.29, 1.82) is 0 Å². The molecule has 0 unspecified atom stereocenters. The summed E-state index contributed by atoms with van der Waals surface area (Å²) in [7, 11) is 1.59. The van der Waals surface area contributed by atoms with Gasteiger partial charge in [-0.1, -0.05) is 5.16 Å². The number of amidine groups is 1. The molecule has 0 rings (SSSR count). The van der Waals surface area contributed by atoms with E-state index in [1.807, 2.05) is 0 Å². The number of ether oxygens (including phenoxy) is 1. The second-order valence-corrected chi connectivity index (χ2v) is 3.20. The van der Waals surface area contributed by atoms with Gasteiger partial charge in [-0.3, -0.25) is 0 Å². The van der Waals surface area contributed by atoms with E-state index in [1.165, 1.54) is 4.90 Å². The normalized spacial score (nSPS) is 11.6. The zero-order valence-corrected chi connectivity index (χ0v) is 8.73. The Labute approximate surface area is 83.3 Å². The summed E-state index contributed by atoms with van der Waals surface area (Å²) in [5.74, 6) is 0.0918. The highest BCUT2D eigenvalue weighted by atomic mass is 16.6. The molecule has 6 heteroatoms. The van der Waals surface area contributed by atoms with E-state index in [4.69, 9.17) is 15.7 Å². The van der Waals surface area contributed by atoms with Crippen molar-refractivity contribution in [2.45, 2.75) is 26.4 Å². The largest absolute Gasteiger partial charge is 0.447 e. The van der Waals surface area contributed by atoms with Crippen molar-refractivity contribution in [3.05, 3.63) is 0 Å². The average Bonchev–Trinajstić information content (AvgIpc) is 2.12. The maximum absolute atomic E-state index is 11.2. The van der Waals surface area contributed by atoms with Gasteiger partial charge < -0.3 is 20.6 Å². The maximum Gasteiger partial charge on any atom is 0.409 e. The van der Waals surface area contributed by atoms with Crippen LogP contribution in [0.15, 0.2) is 5.16 Å². The monoisotopic (exact) mass is 203 g/mol. The fourth-order valence-corrected chi connectivity index (χ4v) is 0.715. The number of oxime groups is 1. The SMILES string of the molecule is CC(C)OC(=O)N(C)CCC(N)=NO. The molecule has 0 saturated heterocycles. The van der Waals surface area contributed by atoms with E-state index in [1.54, 1.807) is 20.9 Å². The van der Waals surface area contributed by atoms with Gasteiger partial charge >= 0.3 is 6.09 Å². The van der Waals surface area contributed by atoms with Gasteiger partial charge in [-0.2, -0.15) is 0 Å². The number of rotatable bonds is 4. The number of hydrogen-bond donors (Lipinski definition) is 2. The molecule has 14 heavy (non-hydrogen) atoms.